The van der Waals surface area contributed by atoms with Gasteiger partial charge in [-0.25, -0.2) is 0 Å². The van der Waals surface area contributed by atoms with Crippen LogP contribution in [-0.4, -0.2) is 29.7 Å². The van der Waals surface area contributed by atoms with E-state index in [2.05, 4.69) is 16.6 Å². The van der Waals surface area contributed by atoms with Crippen molar-refractivity contribution in [1.29, 1.82) is 0 Å². The number of hydrogen-bond donors (Lipinski definition) is 1. The molecule has 1 unspecified atom stereocenters. The van der Waals surface area contributed by atoms with Crippen LogP contribution >= 0.6 is 0 Å². The number of nitrogens with zero attached hydrogens (tertiary/aromatic N) is 3. The molecule has 0 aliphatic heterocycles. The van der Waals surface area contributed by atoms with E-state index in [1.54, 1.807) is 0 Å². The van der Waals surface area contributed by atoms with E-state index >= 15 is 0 Å². The van der Waals surface area contributed by atoms with E-state index in [1.807, 2.05) is 0 Å². The third kappa shape index (κ3) is 2.24. The number of carboxylic acids is 1. The highest BCUT2D eigenvalue weighted by Crippen LogP contribution is 2.42. The largest absolute Gasteiger partial charge is 0.480 e. The molecule has 1 saturated carbocycles. The summed E-state index contributed by atoms with van der Waals surface area (Å²) in [6, 6.07) is -0.887. The highest BCUT2D eigenvalue weighted by Gasteiger charge is 2.56. The maximum absolute atomic E-state index is 11.8. The third-order valence-electron chi connectivity index (χ3n) is 2.89. The summed E-state index contributed by atoms with van der Waals surface area (Å²) in [7, 11) is 0. The molecule has 0 aromatic heterocycles. The minimum atomic E-state index is -1.74. The molecule has 0 amide bonds. The van der Waals surface area contributed by atoms with Crippen LogP contribution in [0.5, 0.6) is 0 Å². The Labute approximate surface area is 97.7 Å². The number of carbonyl (C=O) groups excluding carboxylic acids is 1. The van der Waals surface area contributed by atoms with Crippen molar-refractivity contribution in [2.45, 2.75) is 25.3 Å². The van der Waals surface area contributed by atoms with Crippen LogP contribution in [0, 0.1) is 5.41 Å². The van der Waals surface area contributed by atoms with Gasteiger partial charge in [-0.1, -0.05) is 24.2 Å². The first kappa shape index (κ1) is 13.1. The zero-order valence-electron chi connectivity index (χ0n) is 9.20. The van der Waals surface area contributed by atoms with Crippen molar-refractivity contribution in [3.05, 3.63) is 23.1 Å². The molecule has 1 N–H and O–H groups in total. The van der Waals surface area contributed by atoms with E-state index in [-0.39, 0.29) is 13.0 Å². The van der Waals surface area contributed by atoms with Crippen LogP contribution in [0.15, 0.2) is 17.8 Å². The number of esters is 1. The van der Waals surface area contributed by atoms with Gasteiger partial charge in [0.25, 0.3) is 0 Å². The van der Waals surface area contributed by atoms with Gasteiger partial charge in [0.15, 0.2) is 5.41 Å². The Morgan fingerprint density at radius 1 is 1.71 bits per heavy atom. The summed E-state index contributed by atoms with van der Waals surface area (Å²) in [5, 5.41) is 12.6. The molecule has 0 aromatic carbocycles. The number of azide groups is 1. The fraction of sp³-hybridized carbons (Fsp3) is 0.600. The van der Waals surface area contributed by atoms with Crippen molar-refractivity contribution in [3.63, 3.8) is 0 Å². The summed E-state index contributed by atoms with van der Waals surface area (Å²) in [5.74, 6) is -2.17. The van der Waals surface area contributed by atoms with Crippen molar-refractivity contribution < 1.29 is 19.4 Å². The van der Waals surface area contributed by atoms with Gasteiger partial charge in [-0.05, 0) is 18.4 Å². The Hall–Kier alpha value is -2.01. The minimum Gasteiger partial charge on any atom is -0.480 e. The maximum atomic E-state index is 11.8. The molecular formula is C10H13N3O4. The molecule has 1 aliphatic carbocycles. The van der Waals surface area contributed by atoms with Gasteiger partial charge in [-0.3, -0.25) is 9.59 Å². The summed E-state index contributed by atoms with van der Waals surface area (Å²) in [6.07, 6.45) is 2.37. The fourth-order valence-corrected chi connectivity index (χ4v) is 2.04. The molecule has 0 radical (unpaired) electrons. The van der Waals surface area contributed by atoms with E-state index in [9.17, 15) is 14.7 Å². The van der Waals surface area contributed by atoms with Crippen LogP contribution in [0.1, 0.15) is 19.3 Å². The number of carboxylic acid groups (broad SMARTS) is 1. The molecule has 7 heteroatoms. The van der Waals surface area contributed by atoms with Crippen LogP contribution in [0.4, 0.5) is 0 Å². The Morgan fingerprint density at radius 2 is 2.41 bits per heavy atom. The lowest BCUT2D eigenvalue weighted by molar-refractivity contribution is -0.168. The Balaban J connectivity index is 3.03. The van der Waals surface area contributed by atoms with Gasteiger partial charge in [-0.2, -0.15) is 0 Å². The Kier molecular flexibility index (Phi) is 4.12. The lowest BCUT2D eigenvalue weighted by Gasteiger charge is -2.25. The van der Waals surface area contributed by atoms with Gasteiger partial charge in [-0.15, -0.1) is 0 Å². The quantitative estimate of drug-likeness (QED) is 0.196. The standard InChI is InChI=1S/C10H13N3O4/c1-2-6-17-9(16)10(8(14)15)5-3-4-7(10)12-13-11/h2,7H,1,3-6H2,(H,14,15)/t7-,10?/m0/s1. The fourth-order valence-electron chi connectivity index (χ4n) is 2.04. The van der Waals surface area contributed by atoms with Gasteiger partial charge >= 0.3 is 11.9 Å². The molecular weight excluding hydrogens is 226 g/mol. The second-order valence-corrected chi connectivity index (χ2v) is 3.78. The predicted molar refractivity (Wildman–Crippen MR) is 58.0 cm³/mol. The molecule has 0 bridgehead atoms. The topological polar surface area (TPSA) is 112 Å². The van der Waals surface area contributed by atoms with Gasteiger partial charge < -0.3 is 9.84 Å². The lowest BCUT2D eigenvalue weighted by atomic mass is 9.83. The first-order chi connectivity index (χ1) is 8.09. The van der Waals surface area contributed by atoms with E-state index < -0.39 is 23.4 Å². The van der Waals surface area contributed by atoms with Crippen molar-refractivity contribution in [1.82, 2.24) is 0 Å². The van der Waals surface area contributed by atoms with Crippen molar-refractivity contribution in [2.75, 3.05) is 6.61 Å². The monoisotopic (exact) mass is 239 g/mol. The predicted octanol–water partition coefficient (Wildman–Crippen LogP) is 1.65. The van der Waals surface area contributed by atoms with Crippen LogP contribution in [0.3, 0.4) is 0 Å². The molecule has 7 nitrogen and oxygen atoms in total. The minimum absolute atomic E-state index is 0.0587. The first-order valence-electron chi connectivity index (χ1n) is 5.15. The van der Waals surface area contributed by atoms with Gasteiger partial charge in [0.05, 0.1) is 6.04 Å². The SMILES string of the molecule is C=CCOC(=O)C1(C(=O)O)CCC[C@@H]1N=[N+]=[N-]. The lowest BCUT2D eigenvalue weighted by Crippen LogP contribution is -2.45. The van der Waals surface area contributed by atoms with Gasteiger partial charge in [0, 0.05) is 4.91 Å². The van der Waals surface area contributed by atoms with Crippen LogP contribution in [0.25, 0.3) is 10.4 Å². The number of rotatable bonds is 5. The molecule has 92 valence electrons. The zero-order valence-corrected chi connectivity index (χ0v) is 9.20. The smallest absolute Gasteiger partial charge is 0.324 e. The van der Waals surface area contributed by atoms with Crippen LogP contribution in [0.2, 0.25) is 0 Å². The van der Waals surface area contributed by atoms with E-state index in [0.29, 0.717) is 12.8 Å². The van der Waals surface area contributed by atoms with Crippen LogP contribution < -0.4 is 0 Å². The summed E-state index contributed by atoms with van der Waals surface area (Å²) in [5.41, 5.74) is 6.65. The molecule has 1 fully saturated rings. The van der Waals surface area contributed by atoms with E-state index in [0.717, 1.165) is 0 Å². The molecule has 2 atom stereocenters. The van der Waals surface area contributed by atoms with Gasteiger partial charge in [0.2, 0.25) is 0 Å². The molecule has 1 rings (SSSR count). The average Bonchev–Trinajstić information content (AvgIpc) is 2.71. The normalized spacial score (nSPS) is 26.9. The van der Waals surface area contributed by atoms with E-state index in [1.165, 1.54) is 6.08 Å². The third-order valence-corrected chi connectivity index (χ3v) is 2.89. The van der Waals surface area contributed by atoms with Gasteiger partial charge in [0.1, 0.15) is 6.61 Å². The number of hydrogen-bond acceptors (Lipinski definition) is 4. The molecule has 0 aromatic rings. The summed E-state index contributed by atoms with van der Waals surface area (Å²) >= 11 is 0. The van der Waals surface area contributed by atoms with Crippen molar-refractivity contribution in [3.8, 4) is 0 Å². The number of ether oxygens (including phenoxy) is 1. The maximum Gasteiger partial charge on any atom is 0.324 e. The summed E-state index contributed by atoms with van der Waals surface area (Å²) in [6.45, 7) is 3.32. The first-order valence-corrected chi connectivity index (χ1v) is 5.15. The molecule has 0 saturated heterocycles. The molecule has 1 aliphatic rings. The molecule has 0 spiro atoms. The zero-order chi connectivity index (χ0) is 12.9. The summed E-state index contributed by atoms with van der Waals surface area (Å²) < 4.78 is 4.80. The molecule has 17 heavy (non-hydrogen) atoms. The Morgan fingerprint density at radius 3 is 2.94 bits per heavy atom. The van der Waals surface area contributed by atoms with Crippen molar-refractivity contribution >= 4 is 11.9 Å². The average molecular weight is 239 g/mol. The van der Waals surface area contributed by atoms with Crippen molar-refractivity contribution in [2.24, 2.45) is 10.5 Å². The second kappa shape index (κ2) is 5.36. The van der Waals surface area contributed by atoms with E-state index in [4.69, 9.17) is 10.3 Å². The highest BCUT2D eigenvalue weighted by atomic mass is 16.5. The summed E-state index contributed by atoms with van der Waals surface area (Å²) in [4.78, 5) is 25.7. The van der Waals surface area contributed by atoms with Crippen LogP contribution in [-0.2, 0) is 14.3 Å². The second-order valence-electron chi connectivity index (χ2n) is 3.78. The highest BCUT2D eigenvalue weighted by molar-refractivity contribution is 6.00. The number of carbonyl (C=O) groups is 2. The Bertz CT molecular complexity index is 389. The number of aliphatic carboxylic acids is 1. The molecule has 0 heterocycles.